The summed E-state index contributed by atoms with van der Waals surface area (Å²) in [6.45, 7) is 0.483. The zero-order valence-electron chi connectivity index (χ0n) is 11.0. The molecule has 0 saturated heterocycles. The average molecular weight is 335 g/mol. The van der Waals surface area contributed by atoms with Gasteiger partial charge in [0, 0.05) is 25.6 Å². The maximum Gasteiger partial charge on any atom is 0.252 e. The Labute approximate surface area is 134 Å². The quantitative estimate of drug-likeness (QED) is 0.743. The average Bonchev–Trinajstić information content (AvgIpc) is 3.26. The number of carbonyl (C=O) groups is 1. The highest BCUT2D eigenvalue weighted by Crippen LogP contribution is 2.30. The molecule has 0 aliphatic carbocycles. The van der Waals surface area contributed by atoms with Crippen LogP contribution >= 0.6 is 34.0 Å². The summed E-state index contributed by atoms with van der Waals surface area (Å²) in [6, 6.07) is 9.53. The fraction of sp³-hybridized carbons (Fsp3) is 0.133. The number of hydrogen-bond acceptors (Lipinski definition) is 5. The van der Waals surface area contributed by atoms with Crippen LogP contribution in [0.1, 0.15) is 31.1 Å². The van der Waals surface area contributed by atoms with Crippen LogP contribution < -0.4 is 5.32 Å². The third-order valence-electron chi connectivity index (χ3n) is 2.97. The maximum absolute atomic E-state index is 11.9. The minimum absolute atomic E-state index is 0.0648. The van der Waals surface area contributed by atoms with Crippen LogP contribution in [0.25, 0.3) is 0 Å². The van der Waals surface area contributed by atoms with Crippen molar-refractivity contribution in [1.29, 1.82) is 0 Å². The van der Waals surface area contributed by atoms with Crippen LogP contribution in [-0.4, -0.2) is 11.0 Å². The second-order valence-corrected chi connectivity index (χ2v) is 7.38. The van der Waals surface area contributed by atoms with E-state index in [1.54, 1.807) is 6.07 Å². The third-order valence-corrected chi connectivity index (χ3v) is 5.72. The monoisotopic (exact) mass is 335 g/mol. The van der Waals surface area contributed by atoms with Gasteiger partial charge in [-0.2, -0.15) is 11.3 Å². The highest BCUT2D eigenvalue weighted by atomic mass is 32.1. The van der Waals surface area contributed by atoms with Gasteiger partial charge in [0.25, 0.3) is 5.91 Å². The van der Waals surface area contributed by atoms with Gasteiger partial charge in [-0.1, -0.05) is 6.07 Å². The Morgan fingerprint density at radius 2 is 2.10 bits per heavy atom. The molecule has 0 bridgehead atoms. The highest BCUT2D eigenvalue weighted by Gasteiger charge is 2.14. The first kappa shape index (κ1) is 14.5. The van der Waals surface area contributed by atoms with E-state index >= 15 is 0 Å². The fourth-order valence-corrected chi connectivity index (χ4v) is 4.28. The van der Waals surface area contributed by atoms with Crippen molar-refractivity contribution in [2.45, 2.75) is 12.6 Å². The molecule has 0 aliphatic rings. The minimum Gasteiger partial charge on any atom is -0.382 e. The minimum atomic E-state index is -0.573. The molecule has 0 spiro atoms. The molecule has 3 rings (SSSR count). The van der Waals surface area contributed by atoms with E-state index in [-0.39, 0.29) is 5.91 Å². The second kappa shape index (κ2) is 6.53. The number of hydrogen-bond donors (Lipinski definition) is 2. The molecule has 0 aromatic carbocycles. The van der Waals surface area contributed by atoms with Gasteiger partial charge in [0.2, 0.25) is 0 Å². The zero-order chi connectivity index (χ0) is 14.7. The van der Waals surface area contributed by atoms with Crippen molar-refractivity contribution in [1.82, 2.24) is 5.32 Å². The van der Waals surface area contributed by atoms with Crippen LogP contribution in [-0.2, 0) is 6.54 Å². The van der Waals surface area contributed by atoms with Crippen LogP contribution in [0.5, 0.6) is 0 Å². The lowest BCUT2D eigenvalue weighted by atomic mass is 10.2. The fourth-order valence-electron chi connectivity index (χ4n) is 1.89. The van der Waals surface area contributed by atoms with Crippen molar-refractivity contribution in [2.75, 3.05) is 0 Å². The van der Waals surface area contributed by atoms with Gasteiger partial charge in [0.1, 0.15) is 6.10 Å². The largest absolute Gasteiger partial charge is 0.382 e. The summed E-state index contributed by atoms with van der Waals surface area (Å²) in [5.74, 6) is -0.0648. The smallest absolute Gasteiger partial charge is 0.252 e. The normalized spacial score (nSPS) is 12.2. The molecule has 0 saturated carbocycles. The van der Waals surface area contributed by atoms with Crippen LogP contribution in [0.2, 0.25) is 0 Å². The number of thiophene rings is 3. The molecule has 1 atom stereocenters. The van der Waals surface area contributed by atoms with E-state index in [4.69, 9.17) is 0 Å². The van der Waals surface area contributed by atoms with Gasteiger partial charge < -0.3 is 10.4 Å². The zero-order valence-corrected chi connectivity index (χ0v) is 13.4. The number of rotatable bonds is 5. The predicted molar refractivity (Wildman–Crippen MR) is 88.2 cm³/mol. The van der Waals surface area contributed by atoms with Gasteiger partial charge in [-0.05, 0) is 35.0 Å². The Bertz CT molecular complexity index is 701. The SMILES string of the molecule is O=C(NCc1ccc(C(O)c2cccs2)s1)c1ccsc1. The summed E-state index contributed by atoms with van der Waals surface area (Å²) < 4.78 is 0. The summed E-state index contributed by atoms with van der Waals surface area (Å²) in [4.78, 5) is 14.7. The molecular formula is C15H13NO2S3. The molecular weight excluding hydrogens is 322 g/mol. The Morgan fingerprint density at radius 1 is 1.19 bits per heavy atom. The summed E-state index contributed by atoms with van der Waals surface area (Å²) in [5.41, 5.74) is 0.690. The van der Waals surface area contributed by atoms with E-state index < -0.39 is 6.10 Å². The van der Waals surface area contributed by atoms with Crippen molar-refractivity contribution in [2.24, 2.45) is 0 Å². The maximum atomic E-state index is 11.9. The van der Waals surface area contributed by atoms with Crippen molar-refractivity contribution in [3.05, 3.63) is 66.7 Å². The van der Waals surface area contributed by atoms with Gasteiger partial charge in [0.15, 0.2) is 0 Å². The molecule has 1 amide bonds. The Balaban J connectivity index is 1.62. The molecule has 2 N–H and O–H groups in total. The summed E-state index contributed by atoms with van der Waals surface area (Å²) in [6.07, 6.45) is -0.573. The van der Waals surface area contributed by atoms with E-state index in [0.29, 0.717) is 12.1 Å². The molecule has 108 valence electrons. The number of carbonyl (C=O) groups excluding carboxylic acids is 1. The lowest BCUT2D eigenvalue weighted by Crippen LogP contribution is -2.21. The molecule has 3 heterocycles. The number of nitrogens with one attached hydrogen (secondary N) is 1. The highest BCUT2D eigenvalue weighted by molar-refractivity contribution is 7.13. The third kappa shape index (κ3) is 3.41. The summed E-state index contributed by atoms with van der Waals surface area (Å²) in [5, 5.41) is 18.8. The van der Waals surface area contributed by atoms with Crippen molar-refractivity contribution >= 4 is 39.9 Å². The van der Waals surface area contributed by atoms with E-state index in [2.05, 4.69) is 5.32 Å². The van der Waals surface area contributed by atoms with E-state index in [0.717, 1.165) is 14.6 Å². The lowest BCUT2D eigenvalue weighted by molar-refractivity contribution is 0.0952. The van der Waals surface area contributed by atoms with Crippen molar-refractivity contribution < 1.29 is 9.90 Å². The van der Waals surface area contributed by atoms with Gasteiger partial charge in [-0.15, -0.1) is 22.7 Å². The molecule has 21 heavy (non-hydrogen) atoms. The van der Waals surface area contributed by atoms with Crippen LogP contribution in [0.15, 0.2) is 46.5 Å². The number of amides is 1. The molecule has 1 unspecified atom stereocenters. The van der Waals surface area contributed by atoms with Crippen molar-refractivity contribution in [3.63, 3.8) is 0 Å². The Hall–Kier alpha value is -1.47. The van der Waals surface area contributed by atoms with Crippen LogP contribution in [0, 0.1) is 0 Å². The molecule has 3 nitrogen and oxygen atoms in total. The topological polar surface area (TPSA) is 49.3 Å². The first-order chi connectivity index (χ1) is 10.2. The van der Waals surface area contributed by atoms with Gasteiger partial charge in [-0.3, -0.25) is 4.79 Å². The van der Waals surface area contributed by atoms with E-state index in [1.165, 1.54) is 34.0 Å². The van der Waals surface area contributed by atoms with E-state index in [1.807, 2.05) is 40.4 Å². The Morgan fingerprint density at radius 3 is 2.81 bits per heavy atom. The predicted octanol–water partition coefficient (Wildman–Crippen LogP) is 3.88. The number of aliphatic hydroxyl groups is 1. The molecule has 6 heteroatoms. The second-order valence-electron chi connectivity index (χ2n) is 4.42. The molecule has 0 fully saturated rings. The Kier molecular flexibility index (Phi) is 4.50. The van der Waals surface area contributed by atoms with Crippen molar-refractivity contribution in [3.8, 4) is 0 Å². The lowest BCUT2D eigenvalue weighted by Gasteiger charge is -2.05. The molecule has 3 aromatic heterocycles. The van der Waals surface area contributed by atoms with Crippen LogP contribution in [0.4, 0.5) is 0 Å². The standard InChI is InChI=1S/C15H13NO2S3/c17-14(12-2-1-6-20-12)13-4-3-11(21-13)8-16-15(18)10-5-7-19-9-10/h1-7,9,14,17H,8H2,(H,16,18). The van der Waals surface area contributed by atoms with Crippen LogP contribution in [0.3, 0.4) is 0 Å². The molecule has 0 aliphatic heterocycles. The van der Waals surface area contributed by atoms with Gasteiger partial charge in [0.05, 0.1) is 6.54 Å². The summed E-state index contributed by atoms with van der Waals surface area (Å²) in [7, 11) is 0. The van der Waals surface area contributed by atoms with E-state index in [9.17, 15) is 9.90 Å². The van der Waals surface area contributed by atoms with Gasteiger partial charge in [-0.25, -0.2) is 0 Å². The van der Waals surface area contributed by atoms with Gasteiger partial charge >= 0.3 is 0 Å². The first-order valence-corrected chi connectivity index (χ1v) is 8.98. The molecule has 0 radical (unpaired) electrons. The number of aliphatic hydroxyl groups excluding tert-OH is 1. The summed E-state index contributed by atoms with van der Waals surface area (Å²) >= 11 is 4.57. The molecule has 3 aromatic rings. The first-order valence-electron chi connectivity index (χ1n) is 6.34.